The summed E-state index contributed by atoms with van der Waals surface area (Å²) in [5, 5.41) is 0. The number of carbonyl (C=O) groups excluding carboxylic acids is 2. The standard InChI is InChI=1S/C13H17ClF3NO2/c14-7-11(19)10-6-5-8-3-1-2-4-9(8)18(10)12(20)13(15,16)17/h8-10H,1-7H2. The second-order valence-corrected chi connectivity index (χ2v) is 5.78. The lowest BCUT2D eigenvalue weighted by atomic mass is 9.75. The lowest BCUT2D eigenvalue weighted by Gasteiger charge is -2.48. The van der Waals surface area contributed by atoms with Crippen molar-refractivity contribution in [1.29, 1.82) is 0 Å². The fourth-order valence-electron chi connectivity index (χ4n) is 3.48. The Bertz CT molecular complexity index is 400. The number of hydrogen-bond donors (Lipinski definition) is 0. The summed E-state index contributed by atoms with van der Waals surface area (Å²) in [5.41, 5.74) is 0. The number of nitrogens with zero attached hydrogens (tertiary/aromatic N) is 1. The van der Waals surface area contributed by atoms with Crippen molar-refractivity contribution in [3.05, 3.63) is 0 Å². The van der Waals surface area contributed by atoms with E-state index in [1.165, 1.54) is 0 Å². The molecule has 1 saturated carbocycles. The molecule has 0 N–H and O–H groups in total. The van der Waals surface area contributed by atoms with Crippen LogP contribution >= 0.6 is 11.6 Å². The maximum atomic E-state index is 12.8. The van der Waals surface area contributed by atoms with Gasteiger partial charge in [0.2, 0.25) is 0 Å². The van der Waals surface area contributed by atoms with Gasteiger partial charge in [-0.3, -0.25) is 9.59 Å². The summed E-state index contributed by atoms with van der Waals surface area (Å²) in [7, 11) is 0. The van der Waals surface area contributed by atoms with E-state index >= 15 is 0 Å². The molecule has 1 aliphatic carbocycles. The number of carbonyl (C=O) groups is 2. The van der Waals surface area contributed by atoms with E-state index in [-0.39, 0.29) is 18.2 Å². The predicted molar refractivity (Wildman–Crippen MR) is 67.4 cm³/mol. The fraction of sp³-hybridized carbons (Fsp3) is 0.846. The number of amides is 1. The topological polar surface area (TPSA) is 37.4 Å². The van der Waals surface area contributed by atoms with Gasteiger partial charge in [-0.25, -0.2) is 0 Å². The van der Waals surface area contributed by atoms with Gasteiger partial charge in [-0.2, -0.15) is 13.2 Å². The minimum atomic E-state index is -4.94. The maximum absolute atomic E-state index is 12.8. The van der Waals surface area contributed by atoms with Crippen molar-refractivity contribution in [3.63, 3.8) is 0 Å². The van der Waals surface area contributed by atoms with Crippen molar-refractivity contribution in [3.8, 4) is 0 Å². The zero-order chi connectivity index (χ0) is 14.9. The summed E-state index contributed by atoms with van der Waals surface area (Å²) in [6, 6.07) is -1.48. The molecule has 0 spiro atoms. The molecule has 7 heteroatoms. The van der Waals surface area contributed by atoms with E-state index in [4.69, 9.17) is 11.6 Å². The second-order valence-electron chi connectivity index (χ2n) is 5.52. The molecule has 0 radical (unpaired) electrons. The Morgan fingerprint density at radius 1 is 1.10 bits per heavy atom. The first kappa shape index (κ1) is 15.6. The third-order valence-electron chi connectivity index (χ3n) is 4.35. The van der Waals surface area contributed by atoms with Gasteiger partial charge in [0.15, 0.2) is 5.78 Å². The molecule has 0 aromatic carbocycles. The summed E-state index contributed by atoms with van der Waals surface area (Å²) in [5.74, 6) is -2.66. The van der Waals surface area contributed by atoms with Crippen LogP contribution in [0, 0.1) is 5.92 Å². The molecule has 1 aliphatic heterocycles. The van der Waals surface area contributed by atoms with Crippen LogP contribution in [0.1, 0.15) is 38.5 Å². The van der Waals surface area contributed by atoms with Crippen molar-refractivity contribution in [2.24, 2.45) is 5.92 Å². The molecule has 3 unspecified atom stereocenters. The number of Topliss-reactive ketones (excluding diaryl/α,β-unsaturated/α-hetero) is 1. The molecule has 114 valence electrons. The fourth-order valence-corrected chi connectivity index (χ4v) is 3.66. The van der Waals surface area contributed by atoms with E-state index in [2.05, 4.69) is 0 Å². The summed E-state index contributed by atoms with van der Waals surface area (Å²) in [6.45, 7) is 0. The highest BCUT2D eigenvalue weighted by molar-refractivity contribution is 6.28. The Kier molecular flexibility index (Phi) is 4.62. The highest BCUT2D eigenvalue weighted by Gasteiger charge is 2.51. The number of rotatable bonds is 2. The summed E-state index contributed by atoms with van der Waals surface area (Å²) in [6.07, 6.45) is -0.821. The van der Waals surface area contributed by atoms with Gasteiger partial charge >= 0.3 is 12.1 Å². The van der Waals surface area contributed by atoms with Gasteiger partial charge in [-0.1, -0.05) is 12.8 Å². The molecule has 1 heterocycles. The Balaban J connectivity index is 2.29. The number of alkyl halides is 4. The van der Waals surface area contributed by atoms with Crippen molar-refractivity contribution in [1.82, 2.24) is 4.90 Å². The van der Waals surface area contributed by atoms with Gasteiger partial charge < -0.3 is 4.90 Å². The highest BCUT2D eigenvalue weighted by Crippen LogP contribution is 2.40. The van der Waals surface area contributed by atoms with Crippen LogP contribution in [0.2, 0.25) is 0 Å². The minimum absolute atomic E-state index is 0.0782. The van der Waals surface area contributed by atoms with Crippen LogP contribution in [0.5, 0.6) is 0 Å². The normalized spacial score (nSPS) is 30.8. The molecule has 2 aliphatic rings. The van der Waals surface area contributed by atoms with Gasteiger partial charge in [-0.05, 0) is 31.6 Å². The summed E-state index contributed by atoms with van der Waals surface area (Å²) in [4.78, 5) is 24.3. The van der Waals surface area contributed by atoms with Crippen molar-refractivity contribution >= 4 is 23.3 Å². The van der Waals surface area contributed by atoms with Crippen LogP contribution in [0.25, 0.3) is 0 Å². The van der Waals surface area contributed by atoms with Crippen LogP contribution in [-0.4, -0.2) is 40.7 Å². The van der Waals surface area contributed by atoms with Crippen LogP contribution in [-0.2, 0) is 9.59 Å². The molecular formula is C13H17ClF3NO2. The number of likely N-dealkylation sites (tertiary alicyclic amines) is 1. The van der Waals surface area contributed by atoms with Gasteiger partial charge in [0.1, 0.15) is 0 Å². The molecule has 3 nitrogen and oxygen atoms in total. The molecular weight excluding hydrogens is 295 g/mol. The Morgan fingerprint density at radius 2 is 1.75 bits per heavy atom. The van der Waals surface area contributed by atoms with Crippen molar-refractivity contribution < 1.29 is 22.8 Å². The first-order valence-corrected chi connectivity index (χ1v) is 7.38. The number of fused-ring (bicyclic) bond motifs is 1. The molecule has 3 atom stereocenters. The zero-order valence-electron chi connectivity index (χ0n) is 11.0. The van der Waals surface area contributed by atoms with E-state index in [0.717, 1.165) is 24.2 Å². The van der Waals surface area contributed by atoms with E-state index in [9.17, 15) is 22.8 Å². The van der Waals surface area contributed by atoms with E-state index in [0.29, 0.717) is 12.8 Å². The van der Waals surface area contributed by atoms with Crippen LogP contribution in [0.15, 0.2) is 0 Å². The first-order valence-electron chi connectivity index (χ1n) is 6.84. The van der Waals surface area contributed by atoms with Crippen LogP contribution in [0.3, 0.4) is 0 Å². The predicted octanol–water partition coefficient (Wildman–Crippen LogP) is 2.91. The van der Waals surface area contributed by atoms with E-state index in [1.807, 2.05) is 0 Å². The number of hydrogen-bond acceptors (Lipinski definition) is 2. The lowest BCUT2D eigenvalue weighted by molar-refractivity contribution is -0.195. The van der Waals surface area contributed by atoms with Crippen LogP contribution in [0.4, 0.5) is 13.2 Å². The third kappa shape index (κ3) is 2.95. The minimum Gasteiger partial charge on any atom is -0.322 e. The van der Waals surface area contributed by atoms with Gasteiger partial charge in [0, 0.05) is 6.04 Å². The number of ketones is 1. The Hall–Kier alpha value is -0.780. The average Bonchev–Trinajstić information content (AvgIpc) is 2.43. The SMILES string of the molecule is O=C(CCl)C1CCC2CCCCC2N1C(=O)C(F)(F)F. The van der Waals surface area contributed by atoms with Gasteiger partial charge in [-0.15, -0.1) is 11.6 Å². The molecule has 20 heavy (non-hydrogen) atoms. The molecule has 2 fully saturated rings. The molecule has 2 rings (SSSR count). The van der Waals surface area contributed by atoms with Crippen molar-refractivity contribution in [2.75, 3.05) is 5.88 Å². The molecule has 0 aromatic rings. The number of halogens is 4. The van der Waals surface area contributed by atoms with Gasteiger partial charge in [0.25, 0.3) is 0 Å². The quantitative estimate of drug-likeness (QED) is 0.735. The smallest absolute Gasteiger partial charge is 0.322 e. The highest BCUT2D eigenvalue weighted by atomic mass is 35.5. The zero-order valence-corrected chi connectivity index (χ0v) is 11.7. The lowest BCUT2D eigenvalue weighted by Crippen LogP contribution is -2.60. The molecule has 0 bridgehead atoms. The van der Waals surface area contributed by atoms with Crippen LogP contribution < -0.4 is 0 Å². The van der Waals surface area contributed by atoms with E-state index < -0.39 is 30.0 Å². The monoisotopic (exact) mass is 311 g/mol. The van der Waals surface area contributed by atoms with Gasteiger partial charge in [0.05, 0.1) is 11.9 Å². The summed E-state index contributed by atoms with van der Waals surface area (Å²) < 4.78 is 38.4. The second kappa shape index (κ2) is 5.92. The number of piperidine rings is 1. The Labute approximate surface area is 120 Å². The third-order valence-corrected chi connectivity index (χ3v) is 4.62. The first-order chi connectivity index (χ1) is 9.36. The maximum Gasteiger partial charge on any atom is 0.471 e. The average molecular weight is 312 g/mol. The summed E-state index contributed by atoms with van der Waals surface area (Å²) >= 11 is 5.48. The molecule has 1 amide bonds. The molecule has 1 saturated heterocycles. The van der Waals surface area contributed by atoms with Crippen molar-refractivity contribution in [2.45, 2.75) is 56.8 Å². The Morgan fingerprint density at radius 3 is 2.35 bits per heavy atom. The van der Waals surface area contributed by atoms with E-state index in [1.54, 1.807) is 0 Å². The largest absolute Gasteiger partial charge is 0.471 e. The molecule has 0 aromatic heterocycles.